The van der Waals surface area contributed by atoms with E-state index in [0.29, 0.717) is 35.7 Å². The molecule has 0 saturated heterocycles. The number of rotatable bonds is 7. The molecule has 0 fully saturated rings. The third-order valence-electron chi connectivity index (χ3n) is 4.47. The Hall–Kier alpha value is -2.50. The first-order valence-electron chi connectivity index (χ1n) is 8.85. The minimum Gasteiger partial charge on any atom is -0.466 e. The molecule has 0 aliphatic rings. The number of unbranched alkanes of at least 4 members (excludes halogenated alkanes) is 1. The van der Waals surface area contributed by atoms with E-state index in [0.717, 1.165) is 24.4 Å². The zero-order valence-corrected chi connectivity index (χ0v) is 16.5. The van der Waals surface area contributed by atoms with Gasteiger partial charge in [-0.05, 0) is 52.7 Å². The summed E-state index contributed by atoms with van der Waals surface area (Å²) in [4.78, 5) is 28.3. The predicted octanol–water partition coefficient (Wildman–Crippen LogP) is 3.73. The van der Waals surface area contributed by atoms with Gasteiger partial charge in [0.25, 0.3) is 11.8 Å². The molecule has 2 aromatic heterocycles. The number of hydrogen-bond donors (Lipinski definition) is 0. The molecule has 0 saturated carbocycles. The van der Waals surface area contributed by atoms with E-state index in [-0.39, 0.29) is 11.8 Å². The average molecular weight is 360 g/mol. The minimum atomic E-state index is -0.0340. The molecule has 6 heteroatoms. The molecule has 142 valence electrons. The molecule has 0 N–H and O–H groups in total. The summed E-state index contributed by atoms with van der Waals surface area (Å²) in [6.07, 6.45) is 1.64. The highest BCUT2D eigenvalue weighted by molar-refractivity contribution is 5.95. The van der Waals surface area contributed by atoms with Crippen molar-refractivity contribution in [1.82, 2.24) is 9.80 Å². The molecule has 0 spiro atoms. The Morgan fingerprint density at radius 1 is 0.769 bits per heavy atom. The van der Waals surface area contributed by atoms with E-state index in [9.17, 15) is 9.59 Å². The van der Waals surface area contributed by atoms with E-state index in [1.807, 2.05) is 13.8 Å². The van der Waals surface area contributed by atoms with E-state index in [4.69, 9.17) is 8.83 Å². The second kappa shape index (κ2) is 8.25. The van der Waals surface area contributed by atoms with Gasteiger partial charge in [-0.15, -0.1) is 0 Å². The molecule has 0 aromatic carbocycles. The van der Waals surface area contributed by atoms with Crippen molar-refractivity contribution < 1.29 is 18.4 Å². The Balaban J connectivity index is 1.79. The van der Waals surface area contributed by atoms with Crippen molar-refractivity contribution >= 4 is 11.8 Å². The third kappa shape index (κ3) is 4.56. The number of furan rings is 2. The molecule has 2 rings (SSSR count). The average Bonchev–Trinajstić information content (AvgIpc) is 3.10. The van der Waals surface area contributed by atoms with E-state index < -0.39 is 0 Å². The number of amides is 2. The number of hydrogen-bond acceptors (Lipinski definition) is 4. The molecule has 2 heterocycles. The molecule has 2 aromatic rings. The van der Waals surface area contributed by atoms with Crippen LogP contribution in [0, 0.1) is 27.7 Å². The van der Waals surface area contributed by atoms with Gasteiger partial charge in [-0.2, -0.15) is 0 Å². The van der Waals surface area contributed by atoms with Crippen LogP contribution in [0.5, 0.6) is 0 Å². The number of carbonyl (C=O) groups is 2. The van der Waals surface area contributed by atoms with Crippen molar-refractivity contribution in [2.75, 3.05) is 27.2 Å². The molecule has 26 heavy (non-hydrogen) atoms. The topological polar surface area (TPSA) is 66.9 Å². The highest BCUT2D eigenvalue weighted by Crippen LogP contribution is 2.17. The lowest BCUT2D eigenvalue weighted by atomic mass is 10.2. The fourth-order valence-electron chi connectivity index (χ4n) is 3.00. The summed E-state index contributed by atoms with van der Waals surface area (Å²) in [5.74, 6) is 2.71. The van der Waals surface area contributed by atoms with E-state index in [2.05, 4.69) is 0 Å². The molecule has 6 nitrogen and oxygen atoms in total. The summed E-state index contributed by atoms with van der Waals surface area (Å²) in [5.41, 5.74) is 1.23. The Morgan fingerprint density at radius 2 is 1.12 bits per heavy atom. The zero-order valence-electron chi connectivity index (χ0n) is 16.5. The van der Waals surface area contributed by atoms with Crippen LogP contribution < -0.4 is 0 Å². The van der Waals surface area contributed by atoms with Gasteiger partial charge in [0.1, 0.15) is 23.0 Å². The number of nitrogens with zero attached hydrogens (tertiary/aromatic N) is 2. The molecular formula is C20H28N2O4. The van der Waals surface area contributed by atoms with Gasteiger partial charge >= 0.3 is 0 Å². The standard InChI is InChI=1S/C20H28N2O4/c1-13-11-17(15(3)25-13)19(23)21(5)9-7-8-10-22(6)20(24)18-12-14(2)26-16(18)4/h11-12H,7-10H2,1-6H3. The third-order valence-corrected chi connectivity index (χ3v) is 4.47. The van der Waals surface area contributed by atoms with Crippen molar-refractivity contribution in [2.24, 2.45) is 0 Å². The van der Waals surface area contributed by atoms with Crippen molar-refractivity contribution in [3.05, 3.63) is 46.3 Å². The van der Waals surface area contributed by atoms with Gasteiger partial charge in [-0.3, -0.25) is 9.59 Å². The van der Waals surface area contributed by atoms with Gasteiger partial charge in [0.2, 0.25) is 0 Å². The van der Waals surface area contributed by atoms with Crippen molar-refractivity contribution in [2.45, 2.75) is 40.5 Å². The summed E-state index contributed by atoms with van der Waals surface area (Å²) in [6, 6.07) is 3.55. The maximum Gasteiger partial charge on any atom is 0.257 e. The van der Waals surface area contributed by atoms with Gasteiger partial charge in [0.15, 0.2) is 0 Å². The second-order valence-electron chi connectivity index (χ2n) is 6.81. The smallest absolute Gasteiger partial charge is 0.257 e. The molecule has 0 aliphatic carbocycles. The van der Waals surface area contributed by atoms with Gasteiger partial charge in [0.05, 0.1) is 11.1 Å². The first kappa shape index (κ1) is 19.8. The van der Waals surface area contributed by atoms with Crippen LogP contribution in [-0.2, 0) is 0 Å². The van der Waals surface area contributed by atoms with E-state index >= 15 is 0 Å². The normalized spacial score (nSPS) is 10.8. The van der Waals surface area contributed by atoms with Crippen LogP contribution in [0.4, 0.5) is 0 Å². The van der Waals surface area contributed by atoms with E-state index in [1.165, 1.54) is 0 Å². The molecule has 0 aliphatic heterocycles. The Kier molecular flexibility index (Phi) is 6.29. The molecule has 0 unspecified atom stereocenters. The monoisotopic (exact) mass is 360 g/mol. The zero-order chi connectivity index (χ0) is 19.4. The maximum absolute atomic E-state index is 12.4. The predicted molar refractivity (Wildman–Crippen MR) is 99.5 cm³/mol. The van der Waals surface area contributed by atoms with Crippen LogP contribution in [-0.4, -0.2) is 48.8 Å². The Labute approximate surface area is 154 Å². The quantitative estimate of drug-likeness (QED) is 0.706. The highest BCUT2D eigenvalue weighted by atomic mass is 16.3. The Morgan fingerprint density at radius 3 is 1.38 bits per heavy atom. The first-order chi connectivity index (χ1) is 12.2. The first-order valence-corrected chi connectivity index (χ1v) is 8.85. The van der Waals surface area contributed by atoms with Crippen LogP contribution in [0.1, 0.15) is 56.6 Å². The lowest BCUT2D eigenvalue weighted by Gasteiger charge is -2.19. The lowest BCUT2D eigenvalue weighted by molar-refractivity contribution is 0.0764. The van der Waals surface area contributed by atoms with E-state index in [1.54, 1.807) is 49.9 Å². The summed E-state index contributed by atoms with van der Waals surface area (Å²) < 4.78 is 10.8. The van der Waals surface area contributed by atoms with Gasteiger partial charge in [0, 0.05) is 27.2 Å². The fraction of sp³-hybridized carbons (Fsp3) is 0.500. The molecule has 0 radical (unpaired) electrons. The molecule has 0 bridgehead atoms. The van der Waals surface area contributed by atoms with Gasteiger partial charge < -0.3 is 18.6 Å². The van der Waals surface area contributed by atoms with Crippen LogP contribution in [0.15, 0.2) is 21.0 Å². The van der Waals surface area contributed by atoms with Crippen molar-refractivity contribution in [3.63, 3.8) is 0 Å². The van der Waals surface area contributed by atoms with Crippen molar-refractivity contribution in [1.29, 1.82) is 0 Å². The molecule has 2 amide bonds. The van der Waals surface area contributed by atoms with Gasteiger partial charge in [-0.25, -0.2) is 0 Å². The summed E-state index contributed by atoms with van der Waals surface area (Å²) in [7, 11) is 3.58. The molecule has 0 atom stereocenters. The Bertz CT molecular complexity index is 722. The fourth-order valence-corrected chi connectivity index (χ4v) is 3.00. The van der Waals surface area contributed by atoms with Crippen molar-refractivity contribution in [3.8, 4) is 0 Å². The lowest BCUT2D eigenvalue weighted by Crippen LogP contribution is -2.30. The summed E-state index contributed by atoms with van der Waals surface area (Å²) >= 11 is 0. The minimum absolute atomic E-state index is 0.0340. The second-order valence-corrected chi connectivity index (χ2v) is 6.81. The van der Waals surface area contributed by atoms with Crippen LogP contribution in [0.25, 0.3) is 0 Å². The highest BCUT2D eigenvalue weighted by Gasteiger charge is 2.19. The van der Waals surface area contributed by atoms with Crippen LogP contribution in [0.3, 0.4) is 0 Å². The molecular weight excluding hydrogens is 332 g/mol. The van der Waals surface area contributed by atoms with Crippen LogP contribution in [0.2, 0.25) is 0 Å². The maximum atomic E-state index is 12.4. The van der Waals surface area contributed by atoms with Crippen LogP contribution >= 0.6 is 0 Å². The summed E-state index contributed by atoms with van der Waals surface area (Å²) in [5, 5.41) is 0. The van der Waals surface area contributed by atoms with Gasteiger partial charge in [-0.1, -0.05) is 0 Å². The summed E-state index contributed by atoms with van der Waals surface area (Å²) in [6.45, 7) is 8.53. The SMILES string of the molecule is Cc1cc(C(=O)N(C)CCCCN(C)C(=O)c2cc(C)oc2C)c(C)o1. The largest absolute Gasteiger partial charge is 0.466 e. The number of carbonyl (C=O) groups excluding carboxylic acids is 2. The number of aryl methyl sites for hydroxylation is 4.